The van der Waals surface area contributed by atoms with Gasteiger partial charge in [0.05, 0.1) is 11.4 Å². The molecule has 1 unspecified atom stereocenters. The van der Waals surface area contributed by atoms with Crippen LogP contribution in [0.1, 0.15) is 50.3 Å². The lowest BCUT2D eigenvalue weighted by molar-refractivity contribution is -0.134. The maximum absolute atomic E-state index is 12.9. The Morgan fingerprint density at radius 1 is 1.12 bits per heavy atom. The number of anilines is 1. The van der Waals surface area contributed by atoms with E-state index in [0.717, 1.165) is 67.1 Å². The van der Waals surface area contributed by atoms with Crippen LogP contribution in [0, 0.1) is 11.8 Å². The quantitative estimate of drug-likeness (QED) is 0.643. The van der Waals surface area contributed by atoms with Gasteiger partial charge in [0.15, 0.2) is 11.5 Å². The Balaban J connectivity index is 1.20. The summed E-state index contributed by atoms with van der Waals surface area (Å²) in [5.41, 5.74) is 2.39. The van der Waals surface area contributed by atoms with E-state index in [1.807, 2.05) is 36.3 Å². The minimum absolute atomic E-state index is 0.0432. The van der Waals surface area contributed by atoms with Crippen molar-refractivity contribution in [2.75, 3.05) is 31.6 Å². The number of imidazole rings is 1. The molecule has 3 aromatic heterocycles. The topological polar surface area (TPSA) is 90.9 Å². The Hall–Kier alpha value is -3.03. The highest BCUT2D eigenvalue weighted by molar-refractivity contribution is 5.80. The molecule has 4 heterocycles. The number of H-pyrrole nitrogens is 1. The van der Waals surface area contributed by atoms with Crippen molar-refractivity contribution in [3.8, 4) is 11.5 Å². The van der Waals surface area contributed by atoms with Crippen LogP contribution in [0.5, 0.6) is 0 Å². The number of amides is 1. The molecular formula is C24H29N7O. The molecule has 0 bridgehead atoms. The summed E-state index contributed by atoms with van der Waals surface area (Å²) in [7, 11) is 1.96. The standard InChI is InChI=1S/C24H29N7O/c1-30(13-15-4-5-15)24(32)17-3-2-12-31(14-17)20-9-8-18-23(28-20)29-22(27-18)19-10-11-25-21(26-19)16-6-7-16/h8-11,15-17H,2-7,12-14H2,1H3,(H,27,28,29). The third-order valence-corrected chi connectivity index (χ3v) is 6.89. The summed E-state index contributed by atoms with van der Waals surface area (Å²) in [4.78, 5) is 39.1. The van der Waals surface area contributed by atoms with E-state index in [1.165, 1.54) is 25.7 Å². The number of fused-ring (bicyclic) bond motifs is 1. The molecule has 1 aliphatic heterocycles. The van der Waals surface area contributed by atoms with Gasteiger partial charge in [-0.05, 0) is 62.6 Å². The van der Waals surface area contributed by atoms with Gasteiger partial charge in [0.25, 0.3) is 0 Å². The van der Waals surface area contributed by atoms with Gasteiger partial charge < -0.3 is 14.8 Å². The minimum Gasteiger partial charge on any atom is -0.356 e. The molecule has 3 aromatic rings. The van der Waals surface area contributed by atoms with Crippen LogP contribution in [0.4, 0.5) is 5.82 Å². The summed E-state index contributed by atoms with van der Waals surface area (Å²) >= 11 is 0. The molecule has 166 valence electrons. The third-order valence-electron chi connectivity index (χ3n) is 6.89. The van der Waals surface area contributed by atoms with Gasteiger partial charge in [-0.15, -0.1) is 0 Å². The van der Waals surface area contributed by atoms with Crippen LogP contribution >= 0.6 is 0 Å². The molecule has 0 aromatic carbocycles. The van der Waals surface area contributed by atoms with Crippen molar-refractivity contribution in [2.24, 2.45) is 11.8 Å². The lowest BCUT2D eigenvalue weighted by atomic mass is 9.96. The zero-order valence-electron chi connectivity index (χ0n) is 18.5. The first-order chi connectivity index (χ1) is 15.6. The van der Waals surface area contributed by atoms with Crippen LogP contribution in [0.15, 0.2) is 24.4 Å². The Morgan fingerprint density at radius 3 is 2.81 bits per heavy atom. The molecule has 1 saturated heterocycles. The third kappa shape index (κ3) is 3.94. The fraction of sp³-hybridized carbons (Fsp3) is 0.542. The first-order valence-electron chi connectivity index (χ1n) is 11.8. The lowest BCUT2D eigenvalue weighted by Gasteiger charge is -2.34. The predicted molar refractivity (Wildman–Crippen MR) is 122 cm³/mol. The van der Waals surface area contributed by atoms with Gasteiger partial charge in [-0.3, -0.25) is 4.79 Å². The molecule has 8 heteroatoms. The van der Waals surface area contributed by atoms with E-state index in [1.54, 1.807) is 0 Å². The molecule has 3 fully saturated rings. The Labute approximate surface area is 187 Å². The number of hydrogen-bond donors (Lipinski definition) is 1. The van der Waals surface area contributed by atoms with Gasteiger partial charge in [0, 0.05) is 38.8 Å². The first kappa shape index (κ1) is 19.6. The second-order valence-electron chi connectivity index (χ2n) is 9.65. The summed E-state index contributed by atoms with van der Waals surface area (Å²) < 4.78 is 0. The molecule has 6 rings (SSSR count). The van der Waals surface area contributed by atoms with E-state index in [-0.39, 0.29) is 11.8 Å². The van der Waals surface area contributed by atoms with Crippen LogP contribution in [-0.4, -0.2) is 62.4 Å². The molecule has 1 N–H and O–H groups in total. The van der Waals surface area contributed by atoms with E-state index in [0.29, 0.717) is 11.6 Å². The molecule has 2 aliphatic carbocycles. The highest BCUT2D eigenvalue weighted by atomic mass is 16.2. The van der Waals surface area contributed by atoms with Gasteiger partial charge in [-0.25, -0.2) is 19.9 Å². The van der Waals surface area contributed by atoms with Crippen molar-refractivity contribution >= 4 is 22.9 Å². The Morgan fingerprint density at radius 2 is 2.00 bits per heavy atom. The summed E-state index contributed by atoms with van der Waals surface area (Å²) in [6, 6.07) is 5.95. The smallest absolute Gasteiger partial charge is 0.227 e. The van der Waals surface area contributed by atoms with Crippen molar-refractivity contribution in [1.29, 1.82) is 0 Å². The van der Waals surface area contributed by atoms with E-state index >= 15 is 0 Å². The maximum Gasteiger partial charge on any atom is 0.227 e. The normalized spacial score (nSPS) is 21.2. The number of rotatable bonds is 6. The van der Waals surface area contributed by atoms with Crippen LogP contribution < -0.4 is 4.90 Å². The fourth-order valence-corrected chi connectivity index (χ4v) is 4.70. The molecule has 8 nitrogen and oxygen atoms in total. The molecule has 32 heavy (non-hydrogen) atoms. The van der Waals surface area contributed by atoms with Crippen LogP contribution in [0.25, 0.3) is 22.7 Å². The number of carbonyl (C=O) groups excluding carboxylic acids is 1. The molecule has 0 spiro atoms. The molecular weight excluding hydrogens is 402 g/mol. The number of pyridine rings is 1. The van der Waals surface area contributed by atoms with Crippen molar-refractivity contribution in [3.05, 3.63) is 30.2 Å². The number of nitrogens with zero attached hydrogens (tertiary/aromatic N) is 6. The average Bonchev–Trinajstić information content (AvgIpc) is 3.76. The fourth-order valence-electron chi connectivity index (χ4n) is 4.70. The number of carbonyl (C=O) groups is 1. The van der Waals surface area contributed by atoms with Crippen LogP contribution in [0.2, 0.25) is 0 Å². The maximum atomic E-state index is 12.9. The summed E-state index contributed by atoms with van der Waals surface area (Å²) in [6.45, 7) is 2.55. The van der Waals surface area contributed by atoms with Gasteiger partial charge in [0.2, 0.25) is 5.91 Å². The number of piperidine rings is 1. The minimum atomic E-state index is 0.0432. The lowest BCUT2D eigenvalue weighted by Crippen LogP contribution is -2.44. The number of aromatic nitrogens is 5. The van der Waals surface area contributed by atoms with Crippen molar-refractivity contribution < 1.29 is 4.79 Å². The highest BCUT2D eigenvalue weighted by Crippen LogP contribution is 2.38. The summed E-state index contributed by atoms with van der Waals surface area (Å²) in [6.07, 6.45) is 8.64. The van der Waals surface area contributed by atoms with E-state index < -0.39 is 0 Å². The predicted octanol–water partition coefficient (Wildman–Crippen LogP) is 3.38. The van der Waals surface area contributed by atoms with Crippen molar-refractivity contribution in [3.63, 3.8) is 0 Å². The molecule has 0 radical (unpaired) electrons. The second-order valence-corrected chi connectivity index (χ2v) is 9.65. The molecule has 2 saturated carbocycles. The zero-order valence-corrected chi connectivity index (χ0v) is 18.5. The zero-order chi connectivity index (χ0) is 21.7. The van der Waals surface area contributed by atoms with E-state index in [4.69, 9.17) is 15.0 Å². The van der Waals surface area contributed by atoms with Gasteiger partial charge >= 0.3 is 0 Å². The SMILES string of the molecule is CN(CC1CC1)C(=O)C1CCCN(c2ccc3[nH]c(-c4ccnc(C5CC5)n4)nc3n2)C1. The summed E-state index contributed by atoms with van der Waals surface area (Å²) in [5.74, 6) is 4.06. The molecule has 1 amide bonds. The number of hydrogen-bond acceptors (Lipinski definition) is 6. The van der Waals surface area contributed by atoms with E-state index in [2.05, 4.69) is 14.9 Å². The average molecular weight is 432 g/mol. The van der Waals surface area contributed by atoms with Crippen LogP contribution in [-0.2, 0) is 4.79 Å². The molecule has 1 atom stereocenters. The number of nitrogens with one attached hydrogen (secondary N) is 1. The van der Waals surface area contributed by atoms with Crippen LogP contribution in [0.3, 0.4) is 0 Å². The highest BCUT2D eigenvalue weighted by Gasteiger charge is 2.32. The van der Waals surface area contributed by atoms with Crippen molar-refractivity contribution in [1.82, 2.24) is 29.8 Å². The Kier molecular flexibility index (Phi) is 4.81. The monoisotopic (exact) mass is 431 g/mol. The van der Waals surface area contributed by atoms with Gasteiger partial charge in [0.1, 0.15) is 17.3 Å². The largest absolute Gasteiger partial charge is 0.356 e. The van der Waals surface area contributed by atoms with Gasteiger partial charge in [-0.2, -0.15) is 0 Å². The van der Waals surface area contributed by atoms with Gasteiger partial charge in [-0.1, -0.05) is 0 Å². The number of aromatic amines is 1. The second kappa shape index (κ2) is 7.83. The summed E-state index contributed by atoms with van der Waals surface area (Å²) in [5, 5.41) is 0. The van der Waals surface area contributed by atoms with E-state index in [9.17, 15) is 4.79 Å². The Bertz CT molecular complexity index is 1150. The van der Waals surface area contributed by atoms with Crippen molar-refractivity contribution in [2.45, 2.75) is 44.4 Å². The first-order valence-corrected chi connectivity index (χ1v) is 11.8. The molecule has 3 aliphatic rings.